The summed E-state index contributed by atoms with van der Waals surface area (Å²) in [6, 6.07) is 3.84. The molecule has 1 aromatic carbocycles. The summed E-state index contributed by atoms with van der Waals surface area (Å²) >= 11 is 5.61. The first kappa shape index (κ1) is 17.9. The van der Waals surface area contributed by atoms with Crippen molar-refractivity contribution in [2.45, 2.75) is 19.8 Å². The second-order valence-corrected chi connectivity index (χ2v) is 6.98. The van der Waals surface area contributed by atoms with Gasteiger partial charge in [-0.1, -0.05) is 18.5 Å². The van der Waals surface area contributed by atoms with Crippen molar-refractivity contribution in [2.75, 3.05) is 24.7 Å². The molecule has 0 bridgehead atoms. The molecule has 118 valence electrons. The topological polar surface area (TPSA) is 66.5 Å². The van der Waals surface area contributed by atoms with Crippen LogP contribution in [0.2, 0.25) is 5.02 Å². The molecule has 0 aliphatic carbocycles. The highest BCUT2D eigenvalue weighted by Gasteiger charge is 2.16. The first-order valence-corrected chi connectivity index (χ1v) is 8.66. The maximum absolute atomic E-state index is 13.0. The third-order valence-electron chi connectivity index (χ3n) is 2.73. The van der Waals surface area contributed by atoms with Crippen LogP contribution in [0.3, 0.4) is 0 Å². The van der Waals surface area contributed by atoms with E-state index < -0.39 is 15.8 Å². The average Bonchev–Trinajstić information content (AvgIpc) is 2.37. The Balaban J connectivity index is 2.58. The largest absolute Gasteiger partial charge is 0.326 e. The molecule has 21 heavy (non-hydrogen) atoms. The third kappa shape index (κ3) is 5.99. The highest BCUT2D eigenvalue weighted by atomic mass is 35.5. The standard InChI is InChI=1S/C13H18ClFN2O3S/c1-3-7-17(21(2,19)20)8-6-13(18)16-10-4-5-12(15)11(14)9-10/h4-5,9H,3,6-8H2,1-2H3,(H,16,18). The van der Waals surface area contributed by atoms with Gasteiger partial charge in [0.25, 0.3) is 0 Å². The van der Waals surface area contributed by atoms with E-state index in [0.29, 0.717) is 18.7 Å². The zero-order valence-electron chi connectivity index (χ0n) is 11.9. The Morgan fingerprint density at radius 2 is 2.05 bits per heavy atom. The second-order valence-electron chi connectivity index (χ2n) is 4.59. The number of hydrogen-bond donors (Lipinski definition) is 1. The molecule has 1 amide bonds. The molecule has 0 aliphatic heterocycles. The Morgan fingerprint density at radius 3 is 2.57 bits per heavy atom. The van der Waals surface area contributed by atoms with Crippen LogP contribution in [-0.2, 0) is 14.8 Å². The van der Waals surface area contributed by atoms with E-state index in [1.807, 2.05) is 6.92 Å². The highest BCUT2D eigenvalue weighted by Crippen LogP contribution is 2.19. The molecular formula is C13H18ClFN2O3S. The smallest absolute Gasteiger partial charge is 0.225 e. The minimum absolute atomic E-state index is 0.0159. The van der Waals surface area contributed by atoms with Crippen molar-refractivity contribution in [1.82, 2.24) is 4.31 Å². The van der Waals surface area contributed by atoms with Crippen LogP contribution in [0.5, 0.6) is 0 Å². The number of carbonyl (C=O) groups is 1. The summed E-state index contributed by atoms with van der Waals surface area (Å²) in [5.74, 6) is -0.928. The van der Waals surface area contributed by atoms with Gasteiger partial charge in [0, 0.05) is 25.2 Å². The van der Waals surface area contributed by atoms with Crippen molar-refractivity contribution in [2.24, 2.45) is 0 Å². The summed E-state index contributed by atoms with van der Waals surface area (Å²) in [6.45, 7) is 2.33. The van der Waals surface area contributed by atoms with Crippen molar-refractivity contribution in [3.05, 3.63) is 29.0 Å². The molecule has 1 N–H and O–H groups in total. The van der Waals surface area contributed by atoms with E-state index in [-0.39, 0.29) is 23.9 Å². The molecule has 0 heterocycles. The minimum atomic E-state index is -3.33. The molecular weight excluding hydrogens is 319 g/mol. The number of nitrogens with one attached hydrogen (secondary N) is 1. The van der Waals surface area contributed by atoms with Crippen molar-refractivity contribution >= 4 is 33.2 Å². The van der Waals surface area contributed by atoms with Crippen LogP contribution in [-0.4, -0.2) is 38.0 Å². The summed E-state index contributed by atoms with van der Waals surface area (Å²) in [7, 11) is -3.33. The first-order valence-electron chi connectivity index (χ1n) is 6.44. The molecule has 0 unspecified atom stereocenters. The van der Waals surface area contributed by atoms with E-state index in [2.05, 4.69) is 5.32 Å². The lowest BCUT2D eigenvalue weighted by molar-refractivity contribution is -0.116. The van der Waals surface area contributed by atoms with E-state index in [1.54, 1.807) is 0 Å². The predicted molar refractivity (Wildman–Crippen MR) is 81.4 cm³/mol. The van der Waals surface area contributed by atoms with Crippen LogP contribution in [0.4, 0.5) is 10.1 Å². The Bertz CT molecular complexity index is 607. The Kier molecular flexibility index (Phi) is 6.57. The van der Waals surface area contributed by atoms with Gasteiger partial charge in [0.1, 0.15) is 5.82 Å². The number of halogens is 2. The molecule has 0 spiro atoms. The normalized spacial score (nSPS) is 11.7. The number of amides is 1. The van der Waals surface area contributed by atoms with Gasteiger partial charge in [0.15, 0.2) is 0 Å². The summed E-state index contributed by atoms with van der Waals surface area (Å²) in [5.41, 5.74) is 0.368. The number of benzene rings is 1. The van der Waals surface area contributed by atoms with Gasteiger partial charge in [-0.15, -0.1) is 0 Å². The van der Waals surface area contributed by atoms with Gasteiger partial charge in [0.2, 0.25) is 15.9 Å². The Morgan fingerprint density at radius 1 is 1.38 bits per heavy atom. The maximum atomic E-state index is 13.0. The number of hydrogen-bond acceptors (Lipinski definition) is 3. The molecule has 0 fully saturated rings. The molecule has 0 saturated heterocycles. The van der Waals surface area contributed by atoms with Crippen molar-refractivity contribution < 1.29 is 17.6 Å². The molecule has 1 rings (SSSR count). The molecule has 0 saturated carbocycles. The third-order valence-corrected chi connectivity index (χ3v) is 4.33. The van der Waals surface area contributed by atoms with E-state index in [9.17, 15) is 17.6 Å². The zero-order valence-corrected chi connectivity index (χ0v) is 13.5. The van der Waals surface area contributed by atoms with E-state index >= 15 is 0 Å². The number of nitrogens with zero attached hydrogens (tertiary/aromatic N) is 1. The maximum Gasteiger partial charge on any atom is 0.225 e. The van der Waals surface area contributed by atoms with Crippen molar-refractivity contribution in [3.63, 3.8) is 0 Å². The minimum Gasteiger partial charge on any atom is -0.326 e. The van der Waals surface area contributed by atoms with Gasteiger partial charge in [-0.3, -0.25) is 4.79 Å². The lowest BCUT2D eigenvalue weighted by Gasteiger charge is -2.18. The highest BCUT2D eigenvalue weighted by molar-refractivity contribution is 7.88. The quantitative estimate of drug-likeness (QED) is 0.831. The van der Waals surface area contributed by atoms with Gasteiger partial charge >= 0.3 is 0 Å². The lowest BCUT2D eigenvalue weighted by atomic mass is 10.3. The summed E-state index contributed by atoms with van der Waals surface area (Å²) in [4.78, 5) is 11.8. The van der Waals surface area contributed by atoms with Crippen LogP contribution in [0.15, 0.2) is 18.2 Å². The van der Waals surface area contributed by atoms with Crippen molar-refractivity contribution in [1.29, 1.82) is 0 Å². The van der Waals surface area contributed by atoms with E-state index in [0.717, 1.165) is 12.3 Å². The fourth-order valence-electron chi connectivity index (χ4n) is 1.72. The fourth-order valence-corrected chi connectivity index (χ4v) is 2.83. The van der Waals surface area contributed by atoms with Crippen LogP contribution < -0.4 is 5.32 Å². The molecule has 5 nitrogen and oxygen atoms in total. The Hall–Kier alpha value is -1.18. The van der Waals surface area contributed by atoms with Crippen LogP contribution >= 0.6 is 11.6 Å². The van der Waals surface area contributed by atoms with Crippen LogP contribution in [0.1, 0.15) is 19.8 Å². The van der Waals surface area contributed by atoms with Gasteiger partial charge in [-0.25, -0.2) is 17.1 Å². The molecule has 0 atom stereocenters. The number of anilines is 1. The Labute approximate surface area is 129 Å². The predicted octanol–water partition coefficient (Wildman–Crippen LogP) is 2.48. The monoisotopic (exact) mass is 336 g/mol. The number of sulfonamides is 1. The molecule has 0 aromatic heterocycles. The zero-order chi connectivity index (χ0) is 16.0. The molecule has 1 aromatic rings. The fraction of sp³-hybridized carbons (Fsp3) is 0.462. The first-order chi connectivity index (χ1) is 9.74. The molecule has 0 aliphatic rings. The number of rotatable bonds is 7. The van der Waals surface area contributed by atoms with Gasteiger partial charge in [-0.2, -0.15) is 0 Å². The summed E-state index contributed by atoms with van der Waals surface area (Å²) in [6.07, 6.45) is 1.80. The molecule has 0 radical (unpaired) electrons. The van der Waals surface area contributed by atoms with Crippen molar-refractivity contribution in [3.8, 4) is 0 Å². The van der Waals surface area contributed by atoms with E-state index in [1.165, 1.54) is 16.4 Å². The van der Waals surface area contributed by atoms with Gasteiger partial charge < -0.3 is 5.32 Å². The van der Waals surface area contributed by atoms with Crippen LogP contribution in [0.25, 0.3) is 0 Å². The van der Waals surface area contributed by atoms with E-state index in [4.69, 9.17) is 11.6 Å². The average molecular weight is 337 g/mol. The van der Waals surface area contributed by atoms with Crippen LogP contribution in [0, 0.1) is 5.82 Å². The number of carbonyl (C=O) groups excluding carboxylic acids is 1. The SMILES string of the molecule is CCCN(CCC(=O)Nc1ccc(F)c(Cl)c1)S(C)(=O)=O. The van der Waals surface area contributed by atoms with Gasteiger partial charge in [-0.05, 0) is 24.6 Å². The second kappa shape index (κ2) is 7.72. The summed E-state index contributed by atoms with van der Waals surface area (Å²) < 4.78 is 37.3. The lowest BCUT2D eigenvalue weighted by Crippen LogP contribution is -2.33. The van der Waals surface area contributed by atoms with Gasteiger partial charge in [0.05, 0.1) is 11.3 Å². The summed E-state index contributed by atoms with van der Waals surface area (Å²) in [5, 5.41) is 2.46. The molecule has 8 heteroatoms.